The predicted octanol–water partition coefficient (Wildman–Crippen LogP) is 1.38. The van der Waals surface area contributed by atoms with Gasteiger partial charge in [-0.05, 0) is 24.1 Å². The average molecular weight is 192 g/mol. The number of nitrogens with two attached hydrogens (primary N) is 1. The molecular weight excluding hydrogens is 183 g/mol. The van der Waals surface area contributed by atoms with Crippen molar-refractivity contribution in [3.05, 3.63) is 35.1 Å². The van der Waals surface area contributed by atoms with Gasteiger partial charge in [0.05, 0.1) is 6.07 Å². The number of nitrogens with zero attached hydrogens (tertiary/aromatic N) is 1. The van der Waals surface area contributed by atoms with Crippen LogP contribution in [0, 0.1) is 17.1 Å². The zero-order valence-electron chi connectivity index (χ0n) is 7.46. The van der Waals surface area contributed by atoms with E-state index in [1.54, 1.807) is 0 Å². The van der Waals surface area contributed by atoms with Crippen molar-refractivity contribution in [1.29, 1.82) is 5.26 Å². The van der Waals surface area contributed by atoms with Crippen LogP contribution in [0.15, 0.2) is 18.2 Å². The summed E-state index contributed by atoms with van der Waals surface area (Å²) >= 11 is 0. The lowest BCUT2D eigenvalue weighted by Crippen LogP contribution is -2.14. The summed E-state index contributed by atoms with van der Waals surface area (Å²) in [6, 6.07) is 5.77. The molecule has 0 aromatic heterocycles. The van der Waals surface area contributed by atoms with E-state index in [2.05, 4.69) is 0 Å². The minimum Gasteiger partial charge on any atom is -0.366 e. The number of hydrogen-bond acceptors (Lipinski definition) is 2. The first-order chi connectivity index (χ1) is 6.65. The summed E-state index contributed by atoms with van der Waals surface area (Å²) in [5.41, 5.74) is 5.83. The number of benzene rings is 1. The first-order valence-electron chi connectivity index (χ1n) is 4.10. The minimum absolute atomic E-state index is 0.153. The first-order valence-corrected chi connectivity index (χ1v) is 4.10. The number of carbonyl (C=O) groups excluding carboxylic acids is 1. The highest BCUT2D eigenvalue weighted by atomic mass is 19.1. The summed E-state index contributed by atoms with van der Waals surface area (Å²) in [7, 11) is 0. The van der Waals surface area contributed by atoms with Crippen LogP contribution in [0.5, 0.6) is 0 Å². The van der Waals surface area contributed by atoms with Gasteiger partial charge in [-0.25, -0.2) is 4.39 Å². The van der Waals surface area contributed by atoms with Crippen LogP contribution in [0.1, 0.15) is 22.3 Å². The standard InChI is InChI=1S/C10H9FN2O/c11-8-4-3-7(2-1-5-12)9(6-8)10(13)14/h3-4,6H,1-2H2,(H2,13,14). The maximum Gasteiger partial charge on any atom is 0.249 e. The van der Waals surface area contributed by atoms with Gasteiger partial charge in [0.15, 0.2) is 0 Å². The number of rotatable bonds is 3. The Balaban J connectivity index is 3.03. The van der Waals surface area contributed by atoms with E-state index in [-0.39, 0.29) is 12.0 Å². The van der Waals surface area contributed by atoms with Crippen molar-refractivity contribution in [3.8, 4) is 6.07 Å². The van der Waals surface area contributed by atoms with E-state index in [9.17, 15) is 9.18 Å². The van der Waals surface area contributed by atoms with Crippen molar-refractivity contribution in [2.75, 3.05) is 0 Å². The molecule has 4 heteroatoms. The van der Waals surface area contributed by atoms with Gasteiger partial charge in [0.1, 0.15) is 5.82 Å². The smallest absolute Gasteiger partial charge is 0.249 e. The van der Waals surface area contributed by atoms with Gasteiger partial charge in [-0.3, -0.25) is 4.79 Å². The molecule has 0 bridgehead atoms. The Morgan fingerprint density at radius 3 is 2.86 bits per heavy atom. The second-order valence-electron chi connectivity index (χ2n) is 2.82. The lowest BCUT2D eigenvalue weighted by atomic mass is 10.0. The lowest BCUT2D eigenvalue weighted by Gasteiger charge is -2.03. The topological polar surface area (TPSA) is 66.9 Å². The molecule has 1 aromatic rings. The molecule has 3 nitrogen and oxygen atoms in total. The predicted molar refractivity (Wildman–Crippen MR) is 48.9 cm³/mol. The van der Waals surface area contributed by atoms with Crippen LogP contribution in [0.2, 0.25) is 0 Å². The molecule has 72 valence electrons. The third kappa shape index (κ3) is 2.30. The molecule has 0 fully saturated rings. The molecule has 0 aliphatic rings. The van der Waals surface area contributed by atoms with Crippen molar-refractivity contribution >= 4 is 5.91 Å². The van der Waals surface area contributed by atoms with E-state index in [1.807, 2.05) is 6.07 Å². The van der Waals surface area contributed by atoms with Crippen molar-refractivity contribution in [2.45, 2.75) is 12.8 Å². The summed E-state index contributed by atoms with van der Waals surface area (Å²) in [4.78, 5) is 10.9. The van der Waals surface area contributed by atoms with Crippen LogP contribution >= 0.6 is 0 Å². The van der Waals surface area contributed by atoms with Gasteiger partial charge in [0.25, 0.3) is 0 Å². The van der Waals surface area contributed by atoms with E-state index in [0.717, 1.165) is 6.07 Å². The Labute approximate surface area is 81.0 Å². The second kappa shape index (κ2) is 4.38. The maximum absolute atomic E-state index is 12.8. The molecule has 0 aliphatic heterocycles. The minimum atomic E-state index is -0.669. The number of halogens is 1. The summed E-state index contributed by atoms with van der Waals surface area (Å²) in [6.07, 6.45) is 0.695. The van der Waals surface area contributed by atoms with Gasteiger partial charge in [0, 0.05) is 12.0 Å². The molecule has 0 spiro atoms. The Morgan fingerprint density at radius 2 is 2.29 bits per heavy atom. The Kier molecular flexibility index (Phi) is 3.19. The first kappa shape index (κ1) is 10.2. The zero-order chi connectivity index (χ0) is 10.6. The molecule has 1 amide bonds. The highest BCUT2D eigenvalue weighted by Crippen LogP contribution is 2.12. The van der Waals surface area contributed by atoms with Crippen molar-refractivity contribution in [2.24, 2.45) is 5.73 Å². The van der Waals surface area contributed by atoms with Gasteiger partial charge in [-0.2, -0.15) is 5.26 Å². The SMILES string of the molecule is N#CCCc1ccc(F)cc1C(N)=O. The molecule has 2 N–H and O–H groups in total. The molecule has 1 rings (SSSR count). The normalized spacial score (nSPS) is 9.43. The molecule has 0 aliphatic carbocycles. The second-order valence-corrected chi connectivity index (χ2v) is 2.82. The van der Waals surface area contributed by atoms with Crippen LogP contribution in [0.25, 0.3) is 0 Å². The van der Waals surface area contributed by atoms with Gasteiger partial charge in [-0.1, -0.05) is 6.07 Å². The third-order valence-electron chi connectivity index (χ3n) is 1.84. The molecule has 0 saturated carbocycles. The molecule has 0 heterocycles. The van der Waals surface area contributed by atoms with E-state index in [0.29, 0.717) is 12.0 Å². The monoisotopic (exact) mass is 192 g/mol. The fourth-order valence-electron chi connectivity index (χ4n) is 1.19. The number of primary amides is 1. The highest BCUT2D eigenvalue weighted by Gasteiger charge is 2.08. The van der Waals surface area contributed by atoms with E-state index in [4.69, 9.17) is 11.0 Å². The highest BCUT2D eigenvalue weighted by molar-refractivity contribution is 5.94. The number of amides is 1. The van der Waals surface area contributed by atoms with Gasteiger partial charge in [0.2, 0.25) is 5.91 Å². The fraction of sp³-hybridized carbons (Fsp3) is 0.200. The van der Waals surface area contributed by atoms with Crippen LogP contribution < -0.4 is 5.73 Å². The average Bonchev–Trinajstić information content (AvgIpc) is 2.15. The van der Waals surface area contributed by atoms with Crippen molar-refractivity contribution in [1.82, 2.24) is 0 Å². The lowest BCUT2D eigenvalue weighted by molar-refractivity contribution is 0.0999. The van der Waals surface area contributed by atoms with E-state index < -0.39 is 11.7 Å². The number of hydrogen-bond donors (Lipinski definition) is 1. The summed E-state index contributed by atoms with van der Waals surface area (Å²) in [5.74, 6) is -1.17. The van der Waals surface area contributed by atoms with Gasteiger partial charge < -0.3 is 5.73 Å². The van der Waals surface area contributed by atoms with Crippen LogP contribution in [-0.2, 0) is 6.42 Å². The molecule has 0 unspecified atom stereocenters. The van der Waals surface area contributed by atoms with Crippen LogP contribution in [0.4, 0.5) is 4.39 Å². The molecule has 1 aromatic carbocycles. The fourth-order valence-corrected chi connectivity index (χ4v) is 1.19. The third-order valence-corrected chi connectivity index (χ3v) is 1.84. The van der Waals surface area contributed by atoms with Gasteiger partial charge >= 0.3 is 0 Å². The summed E-state index contributed by atoms with van der Waals surface area (Å²) in [6.45, 7) is 0. The molecule has 0 atom stereocenters. The number of nitriles is 1. The largest absolute Gasteiger partial charge is 0.366 e. The Bertz CT molecular complexity index is 396. The molecule has 0 radical (unpaired) electrons. The summed E-state index contributed by atoms with van der Waals surface area (Å²) < 4.78 is 12.8. The van der Waals surface area contributed by atoms with E-state index in [1.165, 1.54) is 12.1 Å². The molecule has 0 saturated heterocycles. The zero-order valence-corrected chi connectivity index (χ0v) is 7.46. The molecular formula is C10H9FN2O. The number of carbonyl (C=O) groups is 1. The van der Waals surface area contributed by atoms with Crippen LogP contribution in [-0.4, -0.2) is 5.91 Å². The Morgan fingerprint density at radius 1 is 1.57 bits per heavy atom. The Hall–Kier alpha value is -1.89. The molecule has 14 heavy (non-hydrogen) atoms. The summed E-state index contributed by atoms with van der Waals surface area (Å²) in [5, 5.41) is 8.37. The van der Waals surface area contributed by atoms with Gasteiger partial charge in [-0.15, -0.1) is 0 Å². The van der Waals surface area contributed by atoms with Crippen molar-refractivity contribution in [3.63, 3.8) is 0 Å². The van der Waals surface area contributed by atoms with Crippen molar-refractivity contribution < 1.29 is 9.18 Å². The van der Waals surface area contributed by atoms with Crippen LogP contribution in [0.3, 0.4) is 0 Å². The maximum atomic E-state index is 12.8. The number of aryl methyl sites for hydroxylation is 1. The van der Waals surface area contributed by atoms with E-state index >= 15 is 0 Å². The quantitative estimate of drug-likeness (QED) is 0.786.